The number of non-ortho nitro benzene ring substituents is 1. The second kappa shape index (κ2) is 11.4. The summed E-state index contributed by atoms with van der Waals surface area (Å²) < 4.78 is 42.1. The highest BCUT2D eigenvalue weighted by atomic mass is 31.2. The Kier molecular flexibility index (Phi) is 9.10. The summed E-state index contributed by atoms with van der Waals surface area (Å²) in [6, 6.07) is 9.15. The molecule has 0 heterocycles. The first-order valence-electron chi connectivity index (χ1n) is 10.3. The van der Waals surface area contributed by atoms with Crippen LogP contribution in [-0.4, -0.2) is 38.5 Å². The Morgan fingerprint density at radius 2 is 1.45 bits per heavy atom. The number of anilines is 1. The van der Waals surface area contributed by atoms with Crippen LogP contribution in [0.4, 0.5) is 11.4 Å². The Morgan fingerprint density at radius 3 is 1.88 bits per heavy atom. The summed E-state index contributed by atoms with van der Waals surface area (Å²) in [5, 5.41) is 14.4. The molecule has 0 aliphatic heterocycles. The van der Waals surface area contributed by atoms with Crippen LogP contribution in [0.15, 0.2) is 36.4 Å². The molecular weight excluding hydrogens is 451 g/mol. The summed E-state index contributed by atoms with van der Waals surface area (Å²) in [7, 11) is 0.537. The van der Waals surface area contributed by atoms with Crippen molar-refractivity contribution in [1.29, 1.82) is 0 Å². The van der Waals surface area contributed by atoms with Crippen molar-refractivity contribution in [3.63, 3.8) is 0 Å². The Morgan fingerprint density at radius 1 is 0.909 bits per heavy atom. The van der Waals surface area contributed by atoms with Crippen molar-refractivity contribution in [2.24, 2.45) is 0 Å². The minimum absolute atomic E-state index is 0.118. The van der Waals surface area contributed by atoms with Crippen LogP contribution in [0.5, 0.6) is 17.2 Å². The van der Waals surface area contributed by atoms with Crippen molar-refractivity contribution >= 4 is 19.0 Å². The minimum Gasteiger partial charge on any atom is -0.493 e. The standard InChI is InChI=1S/C22H31N2O8P/c1-14(2)31-33(27,32-15(3)4)22(23-17-9-8-10-18(13-17)24(25)26)16-11-19(28-5)21(30-7)20(12-16)29-6/h8-15,22-23H,1-7H3. The zero-order valence-electron chi connectivity index (χ0n) is 19.9. The third kappa shape index (κ3) is 6.60. The maximum absolute atomic E-state index is 14.2. The van der Waals surface area contributed by atoms with E-state index in [2.05, 4.69) is 5.32 Å². The van der Waals surface area contributed by atoms with Gasteiger partial charge in [0.1, 0.15) is 0 Å². The highest BCUT2D eigenvalue weighted by Gasteiger charge is 2.40. The number of nitrogens with one attached hydrogen (secondary N) is 1. The molecule has 11 heteroatoms. The molecule has 0 amide bonds. The van der Waals surface area contributed by atoms with Crippen LogP contribution < -0.4 is 19.5 Å². The van der Waals surface area contributed by atoms with Crippen LogP contribution in [-0.2, 0) is 13.6 Å². The van der Waals surface area contributed by atoms with Gasteiger partial charge in [0.2, 0.25) is 5.75 Å². The smallest absolute Gasteiger partial charge is 0.357 e. The molecule has 0 saturated carbocycles. The van der Waals surface area contributed by atoms with Gasteiger partial charge in [-0.25, -0.2) is 0 Å². The van der Waals surface area contributed by atoms with Crippen LogP contribution in [0.1, 0.15) is 39.0 Å². The Balaban J connectivity index is 2.72. The lowest BCUT2D eigenvalue weighted by atomic mass is 10.1. The second-order valence-corrected chi connectivity index (χ2v) is 9.68. The predicted molar refractivity (Wildman–Crippen MR) is 126 cm³/mol. The fraction of sp³-hybridized carbons (Fsp3) is 0.455. The first-order chi connectivity index (χ1) is 15.5. The largest absolute Gasteiger partial charge is 0.493 e. The highest BCUT2D eigenvalue weighted by Crippen LogP contribution is 2.63. The number of methoxy groups -OCH3 is 3. The zero-order valence-corrected chi connectivity index (χ0v) is 20.8. The molecule has 1 unspecified atom stereocenters. The summed E-state index contributed by atoms with van der Waals surface area (Å²) in [6.07, 6.45) is -0.850. The highest BCUT2D eigenvalue weighted by molar-refractivity contribution is 7.54. The third-order valence-corrected chi connectivity index (χ3v) is 6.89. The number of hydrogen-bond donors (Lipinski definition) is 1. The SMILES string of the molecule is COc1cc(C(Nc2cccc([N+](=O)[O-])c2)P(=O)(OC(C)C)OC(C)C)cc(OC)c1OC. The normalized spacial score (nSPS) is 12.5. The van der Waals surface area contributed by atoms with E-state index in [9.17, 15) is 14.7 Å². The molecule has 182 valence electrons. The van der Waals surface area contributed by atoms with Gasteiger partial charge in [0.05, 0.1) is 38.5 Å². The third-order valence-electron chi connectivity index (χ3n) is 4.39. The van der Waals surface area contributed by atoms with Crippen molar-refractivity contribution in [3.8, 4) is 17.2 Å². The maximum atomic E-state index is 14.2. The number of nitrogens with zero attached hydrogens (tertiary/aromatic N) is 1. The van der Waals surface area contributed by atoms with Gasteiger partial charge in [-0.2, -0.15) is 0 Å². The topological polar surface area (TPSA) is 118 Å². The van der Waals surface area contributed by atoms with E-state index in [4.69, 9.17) is 23.3 Å². The minimum atomic E-state index is -3.89. The quantitative estimate of drug-likeness (QED) is 0.228. The van der Waals surface area contributed by atoms with Gasteiger partial charge in [0, 0.05) is 17.8 Å². The van der Waals surface area contributed by atoms with E-state index in [0.29, 0.717) is 28.5 Å². The van der Waals surface area contributed by atoms with Crippen molar-refractivity contribution in [3.05, 3.63) is 52.1 Å². The first-order valence-corrected chi connectivity index (χ1v) is 11.9. The van der Waals surface area contributed by atoms with Gasteiger partial charge >= 0.3 is 7.60 Å². The molecule has 0 radical (unpaired) electrons. The van der Waals surface area contributed by atoms with Crippen LogP contribution >= 0.6 is 7.60 Å². The van der Waals surface area contributed by atoms with Gasteiger partial charge < -0.3 is 28.6 Å². The number of benzene rings is 2. The predicted octanol–water partition coefficient (Wildman–Crippen LogP) is 5.77. The molecule has 0 aliphatic rings. The lowest BCUT2D eigenvalue weighted by molar-refractivity contribution is -0.384. The second-order valence-electron chi connectivity index (χ2n) is 7.66. The molecule has 0 saturated heterocycles. The molecule has 0 spiro atoms. The molecule has 0 bridgehead atoms. The molecule has 2 rings (SSSR count). The van der Waals surface area contributed by atoms with E-state index >= 15 is 0 Å². The van der Waals surface area contributed by atoms with Gasteiger partial charge in [-0.15, -0.1) is 0 Å². The Hall–Kier alpha value is -2.81. The summed E-state index contributed by atoms with van der Waals surface area (Å²) in [6.45, 7) is 6.98. The molecule has 2 aromatic carbocycles. The Labute approximate surface area is 193 Å². The van der Waals surface area contributed by atoms with Gasteiger partial charge in [0.15, 0.2) is 17.3 Å². The van der Waals surface area contributed by atoms with E-state index in [1.54, 1.807) is 45.9 Å². The molecule has 1 atom stereocenters. The molecule has 1 N–H and O–H groups in total. The van der Waals surface area contributed by atoms with Crippen LogP contribution in [0.3, 0.4) is 0 Å². The van der Waals surface area contributed by atoms with Crippen LogP contribution in [0.25, 0.3) is 0 Å². The molecule has 0 aliphatic carbocycles. The monoisotopic (exact) mass is 482 g/mol. The summed E-state index contributed by atoms with van der Waals surface area (Å²) >= 11 is 0. The average molecular weight is 482 g/mol. The van der Waals surface area contributed by atoms with E-state index in [0.717, 1.165) is 0 Å². The number of nitro benzene ring substituents is 1. The average Bonchev–Trinajstić information content (AvgIpc) is 2.75. The van der Waals surface area contributed by atoms with E-state index < -0.39 is 30.5 Å². The van der Waals surface area contributed by atoms with Crippen molar-refractivity contribution in [2.45, 2.75) is 45.7 Å². The summed E-state index contributed by atoms with van der Waals surface area (Å²) in [5.41, 5.74) is 0.705. The molecule has 33 heavy (non-hydrogen) atoms. The van der Waals surface area contributed by atoms with Gasteiger partial charge in [-0.3, -0.25) is 14.7 Å². The van der Waals surface area contributed by atoms with Crippen LogP contribution in [0, 0.1) is 10.1 Å². The molecule has 0 aromatic heterocycles. The van der Waals surface area contributed by atoms with Gasteiger partial charge in [-0.1, -0.05) is 6.07 Å². The summed E-state index contributed by atoms with van der Waals surface area (Å²) in [5.74, 6) is 0.0110. The van der Waals surface area contributed by atoms with Gasteiger partial charge in [-0.05, 0) is 51.5 Å². The van der Waals surface area contributed by atoms with E-state index in [1.807, 2.05) is 0 Å². The number of rotatable bonds is 12. The zero-order chi connectivity index (χ0) is 24.8. The number of hydrogen-bond acceptors (Lipinski definition) is 9. The first kappa shape index (κ1) is 26.4. The lowest BCUT2D eigenvalue weighted by Crippen LogP contribution is -2.19. The molecular formula is C22H31N2O8P. The number of nitro groups is 1. The summed E-state index contributed by atoms with van der Waals surface area (Å²) in [4.78, 5) is 10.8. The lowest BCUT2D eigenvalue weighted by Gasteiger charge is -2.31. The van der Waals surface area contributed by atoms with Crippen molar-refractivity contribution < 1.29 is 32.7 Å². The fourth-order valence-electron chi connectivity index (χ4n) is 3.21. The number of ether oxygens (including phenoxy) is 3. The van der Waals surface area contributed by atoms with Crippen molar-refractivity contribution in [1.82, 2.24) is 0 Å². The molecule has 0 fully saturated rings. The fourth-order valence-corrected chi connectivity index (χ4v) is 5.50. The van der Waals surface area contributed by atoms with E-state index in [-0.39, 0.29) is 5.69 Å². The van der Waals surface area contributed by atoms with Gasteiger partial charge in [0.25, 0.3) is 5.69 Å². The Bertz CT molecular complexity index is 973. The van der Waals surface area contributed by atoms with E-state index in [1.165, 1.54) is 39.5 Å². The van der Waals surface area contributed by atoms with Crippen molar-refractivity contribution in [2.75, 3.05) is 26.6 Å². The molecule has 10 nitrogen and oxygen atoms in total. The molecule has 2 aromatic rings. The maximum Gasteiger partial charge on any atom is 0.357 e. The van der Waals surface area contributed by atoms with Crippen LogP contribution in [0.2, 0.25) is 0 Å².